The molecule has 0 aromatic carbocycles. The standard InChI is InChI=1S/C11H24N2O4S/c1-5-17-10(14)11(2,12)6-7-13(3)8-9-18(4,15)16/h5-9,12H2,1-4H3. The maximum Gasteiger partial charge on any atom is 0.325 e. The molecule has 0 saturated carbocycles. The van der Waals surface area contributed by atoms with E-state index in [1.807, 2.05) is 4.90 Å². The van der Waals surface area contributed by atoms with E-state index in [4.69, 9.17) is 10.5 Å². The van der Waals surface area contributed by atoms with Crippen molar-refractivity contribution >= 4 is 15.8 Å². The van der Waals surface area contributed by atoms with Gasteiger partial charge in [0.25, 0.3) is 0 Å². The Balaban J connectivity index is 4.11. The van der Waals surface area contributed by atoms with Crippen LogP contribution in [0.25, 0.3) is 0 Å². The summed E-state index contributed by atoms with van der Waals surface area (Å²) in [6.07, 6.45) is 1.62. The molecule has 0 aliphatic heterocycles. The molecule has 0 aromatic heterocycles. The quantitative estimate of drug-likeness (QED) is 0.610. The molecular formula is C11H24N2O4S. The van der Waals surface area contributed by atoms with Crippen LogP contribution in [-0.4, -0.2) is 63.6 Å². The molecular weight excluding hydrogens is 256 g/mol. The van der Waals surface area contributed by atoms with Gasteiger partial charge in [-0.25, -0.2) is 8.42 Å². The van der Waals surface area contributed by atoms with E-state index in [9.17, 15) is 13.2 Å². The van der Waals surface area contributed by atoms with Crippen molar-refractivity contribution in [1.29, 1.82) is 0 Å². The van der Waals surface area contributed by atoms with E-state index in [-0.39, 0.29) is 5.75 Å². The van der Waals surface area contributed by atoms with E-state index in [1.54, 1.807) is 20.9 Å². The van der Waals surface area contributed by atoms with Crippen molar-refractivity contribution < 1.29 is 17.9 Å². The highest BCUT2D eigenvalue weighted by molar-refractivity contribution is 7.90. The number of carbonyl (C=O) groups excluding carboxylic acids is 1. The summed E-state index contributed by atoms with van der Waals surface area (Å²) in [5.41, 5.74) is 4.82. The molecule has 0 aliphatic carbocycles. The number of sulfone groups is 1. The Bertz CT molecular complexity index is 365. The third-order valence-electron chi connectivity index (χ3n) is 2.60. The Morgan fingerprint density at radius 2 is 1.94 bits per heavy atom. The molecule has 108 valence electrons. The number of hydrogen-bond donors (Lipinski definition) is 1. The molecule has 0 rings (SSSR count). The molecule has 0 spiro atoms. The molecule has 1 atom stereocenters. The lowest BCUT2D eigenvalue weighted by molar-refractivity contribution is -0.149. The van der Waals surface area contributed by atoms with Crippen molar-refractivity contribution in [2.24, 2.45) is 5.73 Å². The third kappa shape index (κ3) is 7.62. The normalized spacial score (nSPS) is 15.4. The summed E-state index contributed by atoms with van der Waals surface area (Å²) in [5.74, 6) is -0.328. The van der Waals surface area contributed by atoms with Gasteiger partial charge in [-0.2, -0.15) is 0 Å². The SMILES string of the molecule is CCOC(=O)C(C)(N)CCN(C)CCS(C)(=O)=O. The Morgan fingerprint density at radius 3 is 2.39 bits per heavy atom. The van der Waals surface area contributed by atoms with Crippen LogP contribution in [0.2, 0.25) is 0 Å². The van der Waals surface area contributed by atoms with Crippen LogP contribution in [0.3, 0.4) is 0 Å². The molecule has 0 bridgehead atoms. The van der Waals surface area contributed by atoms with Crippen molar-refractivity contribution in [3.05, 3.63) is 0 Å². The summed E-state index contributed by atoms with van der Waals surface area (Å²) >= 11 is 0. The predicted molar refractivity (Wildman–Crippen MR) is 71.1 cm³/mol. The number of hydrogen-bond acceptors (Lipinski definition) is 6. The predicted octanol–water partition coefficient (Wildman–Crippen LogP) is -0.367. The largest absolute Gasteiger partial charge is 0.465 e. The molecule has 7 heteroatoms. The van der Waals surface area contributed by atoms with Crippen LogP contribution in [0.1, 0.15) is 20.3 Å². The Morgan fingerprint density at radius 1 is 1.39 bits per heavy atom. The van der Waals surface area contributed by atoms with Crippen molar-refractivity contribution in [3.63, 3.8) is 0 Å². The van der Waals surface area contributed by atoms with Crippen molar-refractivity contribution in [1.82, 2.24) is 4.90 Å². The number of ether oxygens (including phenoxy) is 1. The third-order valence-corrected chi connectivity index (χ3v) is 3.52. The van der Waals surface area contributed by atoms with Crippen LogP contribution in [0, 0.1) is 0 Å². The second-order valence-corrected chi connectivity index (χ2v) is 7.08. The Kier molecular flexibility index (Phi) is 6.80. The summed E-state index contributed by atoms with van der Waals surface area (Å²) in [7, 11) is -1.16. The first-order valence-electron chi connectivity index (χ1n) is 5.91. The minimum atomic E-state index is -2.96. The summed E-state index contributed by atoms with van der Waals surface area (Å²) in [4.78, 5) is 13.4. The first-order chi connectivity index (χ1) is 8.08. The van der Waals surface area contributed by atoms with Gasteiger partial charge in [0.1, 0.15) is 15.4 Å². The highest BCUT2D eigenvalue weighted by Crippen LogP contribution is 2.09. The monoisotopic (exact) mass is 280 g/mol. The van der Waals surface area contributed by atoms with Gasteiger partial charge in [0, 0.05) is 19.3 Å². The summed E-state index contributed by atoms with van der Waals surface area (Å²) < 4.78 is 26.9. The summed E-state index contributed by atoms with van der Waals surface area (Å²) in [6.45, 7) is 4.62. The van der Waals surface area contributed by atoms with Gasteiger partial charge in [0.15, 0.2) is 0 Å². The fourth-order valence-electron chi connectivity index (χ4n) is 1.25. The lowest BCUT2D eigenvalue weighted by Gasteiger charge is -2.25. The molecule has 0 fully saturated rings. The zero-order valence-electron chi connectivity index (χ0n) is 11.6. The Hall–Kier alpha value is -0.660. The van der Waals surface area contributed by atoms with Gasteiger partial charge in [-0.15, -0.1) is 0 Å². The van der Waals surface area contributed by atoms with E-state index in [1.165, 1.54) is 6.26 Å². The lowest BCUT2D eigenvalue weighted by Crippen LogP contribution is -2.48. The van der Waals surface area contributed by atoms with E-state index < -0.39 is 21.3 Å². The van der Waals surface area contributed by atoms with E-state index >= 15 is 0 Å². The molecule has 6 nitrogen and oxygen atoms in total. The minimum Gasteiger partial charge on any atom is -0.465 e. The number of esters is 1. The van der Waals surface area contributed by atoms with Gasteiger partial charge in [-0.1, -0.05) is 0 Å². The van der Waals surface area contributed by atoms with Gasteiger partial charge in [-0.05, 0) is 27.3 Å². The molecule has 0 saturated heterocycles. The van der Waals surface area contributed by atoms with E-state index in [0.29, 0.717) is 26.1 Å². The average Bonchev–Trinajstić information content (AvgIpc) is 2.23. The maximum absolute atomic E-state index is 11.5. The smallest absolute Gasteiger partial charge is 0.325 e. The topological polar surface area (TPSA) is 89.7 Å². The molecule has 0 radical (unpaired) electrons. The maximum atomic E-state index is 11.5. The van der Waals surface area contributed by atoms with Gasteiger partial charge in [0.2, 0.25) is 0 Å². The van der Waals surface area contributed by atoms with Gasteiger partial charge in [0.05, 0.1) is 12.4 Å². The van der Waals surface area contributed by atoms with E-state index in [0.717, 1.165) is 0 Å². The fraction of sp³-hybridized carbons (Fsp3) is 0.909. The summed E-state index contributed by atoms with van der Waals surface area (Å²) in [5, 5.41) is 0. The number of carbonyl (C=O) groups is 1. The molecule has 0 amide bonds. The van der Waals surface area contributed by atoms with Crippen molar-refractivity contribution in [2.75, 3.05) is 38.8 Å². The van der Waals surface area contributed by atoms with Crippen LogP contribution in [0.4, 0.5) is 0 Å². The zero-order chi connectivity index (χ0) is 14.4. The molecule has 0 aromatic rings. The van der Waals surface area contributed by atoms with Crippen LogP contribution >= 0.6 is 0 Å². The molecule has 0 aliphatic rings. The highest BCUT2D eigenvalue weighted by Gasteiger charge is 2.29. The first-order valence-corrected chi connectivity index (χ1v) is 7.97. The lowest BCUT2D eigenvalue weighted by atomic mass is 9.99. The second-order valence-electron chi connectivity index (χ2n) is 4.82. The van der Waals surface area contributed by atoms with Crippen LogP contribution in [0.5, 0.6) is 0 Å². The average molecular weight is 280 g/mol. The second kappa shape index (κ2) is 7.06. The highest BCUT2D eigenvalue weighted by atomic mass is 32.2. The number of nitrogens with zero attached hydrogens (tertiary/aromatic N) is 1. The molecule has 0 heterocycles. The van der Waals surface area contributed by atoms with Crippen LogP contribution < -0.4 is 5.73 Å². The van der Waals surface area contributed by atoms with Gasteiger partial charge in [-0.3, -0.25) is 4.79 Å². The molecule has 2 N–H and O–H groups in total. The zero-order valence-corrected chi connectivity index (χ0v) is 12.4. The molecule has 18 heavy (non-hydrogen) atoms. The van der Waals surface area contributed by atoms with Gasteiger partial charge >= 0.3 is 5.97 Å². The number of rotatable bonds is 8. The first kappa shape index (κ1) is 17.3. The minimum absolute atomic E-state index is 0.101. The number of nitrogens with two attached hydrogens (primary N) is 1. The van der Waals surface area contributed by atoms with Crippen LogP contribution in [-0.2, 0) is 19.4 Å². The van der Waals surface area contributed by atoms with Crippen molar-refractivity contribution in [2.45, 2.75) is 25.8 Å². The fourth-order valence-corrected chi connectivity index (χ4v) is 1.90. The van der Waals surface area contributed by atoms with Gasteiger partial charge < -0.3 is 15.4 Å². The van der Waals surface area contributed by atoms with Crippen molar-refractivity contribution in [3.8, 4) is 0 Å². The van der Waals surface area contributed by atoms with Crippen LogP contribution in [0.15, 0.2) is 0 Å². The summed E-state index contributed by atoms with van der Waals surface area (Å²) in [6, 6.07) is 0. The Labute approximate surface area is 109 Å². The molecule has 1 unspecified atom stereocenters. The van der Waals surface area contributed by atoms with E-state index in [2.05, 4.69) is 0 Å².